The fourth-order valence-electron chi connectivity index (χ4n) is 2.81. The molecule has 3 rings (SSSR count). The van der Waals surface area contributed by atoms with Crippen LogP contribution in [0.5, 0.6) is 5.75 Å². The van der Waals surface area contributed by atoms with Crippen molar-refractivity contribution in [3.05, 3.63) is 45.3 Å². The standard InChI is InChI=1S/C18H20ClN3O3S/c1-10(2)13-8-17(24)22-12(9-26-18(22)21-13)7-16(23)20-14-6-11(19)4-5-15(14)25-3/h4-6,8,10,12H,7,9H2,1-3H3,(H,20,23). The van der Waals surface area contributed by atoms with Crippen molar-refractivity contribution < 1.29 is 9.53 Å². The van der Waals surface area contributed by atoms with Crippen molar-refractivity contribution >= 4 is 35.0 Å². The van der Waals surface area contributed by atoms with Crippen LogP contribution in [0.25, 0.3) is 0 Å². The average molecular weight is 394 g/mol. The summed E-state index contributed by atoms with van der Waals surface area (Å²) in [6.07, 6.45) is 0.179. The van der Waals surface area contributed by atoms with Crippen molar-refractivity contribution in [1.29, 1.82) is 0 Å². The summed E-state index contributed by atoms with van der Waals surface area (Å²) < 4.78 is 6.86. The molecule has 1 unspecified atom stereocenters. The summed E-state index contributed by atoms with van der Waals surface area (Å²) in [4.78, 5) is 29.5. The van der Waals surface area contributed by atoms with Crippen LogP contribution in [0.1, 0.15) is 37.9 Å². The molecule has 0 aliphatic carbocycles. The molecule has 0 saturated carbocycles. The molecule has 26 heavy (non-hydrogen) atoms. The smallest absolute Gasteiger partial charge is 0.254 e. The van der Waals surface area contributed by atoms with Gasteiger partial charge in [0.15, 0.2) is 5.16 Å². The molecule has 0 spiro atoms. The number of carbonyl (C=O) groups is 1. The van der Waals surface area contributed by atoms with E-state index < -0.39 is 0 Å². The minimum Gasteiger partial charge on any atom is -0.495 e. The lowest BCUT2D eigenvalue weighted by atomic mass is 10.1. The Kier molecular flexibility index (Phi) is 5.58. The molecule has 6 nitrogen and oxygen atoms in total. The van der Waals surface area contributed by atoms with Gasteiger partial charge in [-0.05, 0) is 24.1 Å². The van der Waals surface area contributed by atoms with Crippen molar-refractivity contribution in [2.45, 2.75) is 37.4 Å². The number of halogens is 1. The average Bonchev–Trinajstić information content (AvgIpc) is 2.98. The molecular formula is C18H20ClN3O3S. The van der Waals surface area contributed by atoms with Crippen LogP contribution in [0.4, 0.5) is 5.69 Å². The predicted octanol–water partition coefficient (Wildman–Crippen LogP) is 3.70. The number of hydrogen-bond acceptors (Lipinski definition) is 5. The first-order valence-electron chi connectivity index (χ1n) is 8.28. The van der Waals surface area contributed by atoms with Gasteiger partial charge >= 0.3 is 0 Å². The van der Waals surface area contributed by atoms with Gasteiger partial charge in [0.1, 0.15) is 5.75 Å². The van der Waals surface area contributed by atoms with Gasteiger partial charge in [-0.25, -0.2) is 4.98 Å². The highest BCUT2D eigenvalue weighted by Crippen LogP contribution is 2.34. The van der Waals surface area contributed by atoms with Gasteiger partial charge in [-0.2, -0.15) is 0 Å². The highest BCUT2D eigenvalue weighted by molar-refractivity contribution is 7.99. The fraction of sp³-hybridized carbons (Fsp3) is 0.389. The Labute approximate surface area is 160 Å². The molecule has 8 heteroatoms. The van der Waals surface area contributed by atoms with E-state index in [1.165, 1.54) is 18.9 Å². The number of fused-ring (bicyclic) bond motifs is 1. The zero-order valence-corrected chi connectivity index (χ0v) is 16.4. The zero-order chi connectivity index (χ0) is 18.8. The summed E-state index contributed by atoms with van der Waals surface area (Å²) in [7, 11) is 1.53. The van der Waals surface area contributed by atoms with Crippen LogP contribution in [-0.2, 0) is 4.79 Å². The van der Waals surface area contributed by atoms with Crippen LogP contribution in [0, 0.1) is 0 Å². The van der Waals surface area contributed by atoms with Gasteiger partial charge in [-0.3, -0.25) is 14.2 Å². The number of anilines is 1. The highest BCUT2D eigenvalue weighted by atomic mass is 35.5. The number of benzene rings is 1. The van der Waals surface area contributed by atoms with Gasteiger partial charge in [0.05, 0.1) is 24.5 Å². The molecule has 138 valence electrons. The van der Waals surface area contributed by atoms with Crippen molar-refractivity contribution in [2.24, 2.45) is 0 Å². The van der Waals surface area contributed by atoms with Gasteiger partial charge in [0.25, 0.3) is 5.56 Å². The third-order valence-electron chi connectivity index (χ3n) is 4.16. The first-order valence-corrected chi connectivity index (χ1v) is 9.65. The molecule has 1 aromatic heterocycles. The number of carbonyl (C=O) groups excluding carboxylic acids is 1. The Bertz CT molecular complexity index is 898. The second-order valence-electron chi connectivity index (χ2n) is 6.39. The molecule has 1 aromatic carbocycles. The topological polar surface area (TPSA) is 73.2 Å². The van der Waals surface area contributed by atoms with Gasteiger partial charge in [0, 0.05) is 23.3 Å². The monoisotopic (exact) mass is 393 g/mol. The number of methoxy groups -OCH3 is 1. The molecule has 0 radical (unpaired) electrons. The maximum Gasteiger partial charge on any atom is 0.254 e. The Hall–Kier alpha value is -1.99. The number of nitrogens with one attached hydrogen (secondary N) is 1. The van der Waals surface area contributed by atoms with E-state index in [0.29, 0.717) is 27.4 Å². The molecular weight excluding hydrogens is 374 g/mol. The largest absolute Gasteiger partial charge is 0.495 e. The van der Waals surface area contributed by atoms with Crippen LogP contribution in [0.2, 0.25) is 5.02 Å². The maximum atomic E-state index is 12.5. The van der Waals surface area contributed by atoms with Crippen LogP contribution in [0.3, 0.4) is 0 Å². The quantitative estimate of drug-likeness (QED) is 0.784. The number of nitrogens with zero attached hydrogens (tertiary/aromatic N) is 2. The number of rotatable bonds is 5. The fourth-order valence-corrected chi connectivity index (χ4v) is 4.14. The molecule has 1 atom stereocenters. The lowest BCUT2D eigenvalue weighted by Crippen LogP contribution is -2.28. The summed E-state index contributed by atoms with van der Waals surface area (Å²) in [5.41, 5.74) is 1.18. The van der Waals surface area contributed by atoms with Crippen LogP contribution < -0.4 is 15.6 Å². The van der Waals surface area contributed by atoms with Crippen LogP contribution in [0.15, 0.2) is 34.2 Å². The Morgan fingerprint density at radius 1 is 1.46 bits per heavy atom. The van der Waals surface area contributed by atoms with Crippen molar-refractivity contribution in [3.63, 3.8) is 0 Å². The molecule has 2 heterocycles. The van der Waals surface area contributed by atoms with Crippen molar-refractivity contribution in [2.75, 3.05) is 18.2 Å². The Morgan fingerprint density at radius 2 is 2.23 bits per heavy atom. The van der Waals surface area contributed by atoms with E-state index in [1.54, 1.807) is 28.8 Å². The first kappa shape index (κ1) is 18.8. The number of thioether (sulfide) groups is 1. The van der Waals surface area contributed by atoms with Crippen LogP contribution >= 0.6 is 23.4 Å². The SMILES string of the molecule is COc1ccc(Cl)cc1NC(=O)CC1CSc2nc(C(C)C)cc(=O)n21. The maximum absolute atomic E-state index is 12.5. The minimum atomic E-state index is -0.221. The molecule has 1 aliphatic rings. The Balaban J connectivity index is 1.77. The normalized spacial score (nSPS) is 15.8. The molecule has 0 bridgehead atoms. The molecule has 1 aliphatic heterocycles. The van der Waals surface area contributed by atoms with Crippen molar-refractivity contribution in [1.82, 2.24) is 9.55 Å². The molecule has 1 N–H and O–H groups in total. The van der Waals surface area contributed by atoms with E-state index in [0.717, 1.165) is 5.69 Å². The lowest BCUT2D eigenvalue weighted by molar-refractivity contribution is -0.116. The number of ether oxygens (including phenoxy) is 1. The summed E-state index contributed by atoms with van der Waals surface area (Å²) in [6.45, 7) is 4.00. The summed E-state index contributed by atoms with van der Waals surface area (Å²) >= 11 is 7.50. The van der Waals surface area contributed by atoms with Gasteiger partial charge in [-0.1, -0.05) is 37.2 Å². The van der Waals surface area contributed by atoms with Crippen molar-refractivity contribution in [3.8, 4) is 5.75 Å². The second kappa shape index (κ2) is 7.72. The summed E-state index contributed by atoms with van der Waals surface area (Å²) in [5, 5.41) is 4.00. The molecule has 2 aromatic rings. The van der Waals surface area contributed by atoms with E-state index in [4.69, 9.17) is 16.3 Å². The third kappa shape index (κ3) is 3.88. The van der Waals surface area contributed by atoms with E-state index in [2.05, 4.69) is 10.3 Å². The Morgan fingerprint density at radius 3 is 2.92 bits per heavy atom. The van der Waals surface area contributed by atoms with E-state index in [1.807, 2.05) is 13.8 Å². The van der Waals surface area contributed by atoms with Gasteiger partial charge in [-0.15, -0.1) is 0 Å². The molecule has 0 fully saturated rings. The molecule has 1 amide bonds. The van der Waals surface area contributed by atoms with E-state index >= 15 is 0 Å². The zero-order valence-electron chi connectivity index (χ0n) is 14.8. The van der Waals surface area contributed by atoms with Gasteiger partial charge in [0.2, 0.25) is 5.91 Å². The van der Waals surface area contributed by atoms with E-state index in [9.17, 15) is 9.59 Å². The number of aromatic nitrogens is 2. The third-order valence-corrected chi connectivity index (χ3v) is 5.49. The first-order chi connectivity index (χ1) is 12.4. The number of amides is 1. The van der Waals surface area contributed by atoms with Gasteiger partial charge < -0.3 is 10.1 Å². The predicted molar refractivity (Wildman–Crippen MR) is 104 cm³/mol. The summed E-state index contributed by atoms with van der Waals surface area (Å²) in [5.74, 6) is 1.16. The molecule has 0 saturated heterocycles. The number of hydrogen-bond donors (Lipinski definition) is 1. The van der Waals surface area contributed by atoms with Crippen LogP contribution in [-0.4, -0.2) is 28.3 Å². The second-order valence-corrected chi connectivity index (χ2v) is 7.81. The van der Waals surface area contributed by atoms with E-state index in [-0.39, 0.29) is 29.8 Å². The lowest BCUT2D eigenvalue weighted by Gasteiger charge is -2.15. The summed E-state index contributed by atoms with van der Waals surface area (Å²) in [6, 6.07) is 6.36. The highest BCUT2D eigenvalue weighted by Gasteiger charge is 2.28. The minimum absolute atomic E-state index is 0.109.